The number of carbonyl (C=O) groups excluding carboxylic acids is 1. The van der Waals surface area contributed by atoms with Crippen LogP contribution < -0.4 is 20.0 Å². The molecule has 2 N–H and O–H groups in total. The van der Waals surface area contributed by atoms with E-state index in [1.54, 1.807) is 0 Å². The molecule has 2 aromatic carbocycles. The molecule has 6 nitrogen and oxygen atoms in total. The van der Waals surface area contributed by atoms with Crippen LogP contribution in [-0.4, -0.2) is 49.5 Å². The van der Waals surface area contributed by atoms with Crippen LogP contribution >= 0.6 is 0 Å². The highest BCUT2D eigenvalue weighted by atomic mass is 16.3. The Bertz CT molecular complexity index is 1080. The number of para-hydroxylation sites is 2. The number of aliphatic hydroxyl groups excluding tert-OH is 1. The summed E-state index contributed by atoms with van der Waals surface area (Å²) in [7, 11) is 0. The molecule has 0 unspecified atom stereocenters. The van der Waals surface area contributed by atoms with Crippen LogP contribution in [0.5, 0.6) is 0 Å². The fraction of sp³-hybridized carbons (Fsp3) is 0.567. The van der Waals surface area contributed by atoms with Crippen LogP contribution in [0.3, 0.4) is 0 Å². The maximum Gasteiger partial charge on any atom is 0.322 e. The van der Waals surface area contributed by atoms with Crippen molar-refractivity contribution in [3.05, 3.63) is 48.5 Å². The molecule has 6 aliphatic rings. The topological polar surface area (TPSA) is 59.1 Å². The lowest BCUT2D eigenvalue weighted by Crippen LogP contribution is -2.59. The van der Waals surface area contributed by atoms with Crippen LogP contribution in [0.1, 0.15) is 44.9 Å². The van der Waals surface area contributed by atoms with E-state index in [9.17, 15) is 9.90 Å². The fourth-order valence-corrected chi connectivity index (χ4v) is 8.19. The second-order valence-corrected chi connectivity index (χ2v) is 11.9. The third-order valence-corrected chi connectivity index (χ3v) is 9.76. The number of carbonyl (C=O) groups is 1. The van der Waals surface area contributed by atoms with E-state index in [4.69, 9.17) is 0 Å². The van der Waals surface area contributed by atoms with Gasteiger partial charge in [-0.2, -0.15) is 0 Å². The third-order valence-electron chi connectivity index (χ3n) is 9.76. The molecule has 1 saturated heterocycles. The van der Waals surface area contributed by atoms with E-state index in [2.05, 4.69) is 57.6 Å². The molecular weight excluding hydrogens is 448 g/mol. The molecule has 190 valence electrons. The van der Waals surface area contributed by atoms with Crippen molar-refractivity contribution in [1.29, 1.82) is 0 Å². The van der Waals surface area contributed by atoms with Crippen LogP contribution in [0.4, 0.5) is 27.5 Å². The van der Waals surface area contributed by atoms with E-state index in [1.165, 1.54) is 37.8 Å². The van der Waals surface area contributed by atoms with Crippen LogP contribution in [0.25, 0.3) is 0 Å². The van der Waals surface area contributed by atoms with Crippen molar-refractivity contribution in [1.82, 2.24) is 5.32 Å². The lowest BCUT2D eigenvalue weighted by molar-refractivity contribution is -0.00911. The van der Waals surface area contributed by atoms with Crippen LogP contribution in [0.2, 0.25) is 0 Å². The summed E-state index contributed by atoms with van der Waals surface area (Å²) in [6.45, 7) is 3.27. The molecule has 4 saturated carbocycles. The molecule has 0 aromatic heterocycles. The quantitative estimate of drug-likeness (QED) is 0.631. The number of rotatable bonds is 3. The zero-order valence-electron chi connectivity index (χ0n) is 21.1. The van der Waals surface area contributed by atoms with Crippen molar-refractivity contribution in [2.45, 2.75) is 57.1 Å². The Kier molecular flexibility index (Phi) is 5.61. The Hall–Kier alpha value is -2.73. The molecule has 2 aliphatic heterocycles. The van der Waals surface area contributed by atoms with Gasteiger partial charge in [-0.3, -0.25) is 4.90 Å². The number of anilines is 4. The highest BCUT2D eigenvalue weighted by molar-refractivity contribution is 5.98. The molecule has 0 spiro atoms. The first-order valence-corrected chi connectivity index (χ1v) is 14.1. The molecule has 0 radical (unpaired) electrons. The number of benzene rings is 2. The molecule has 36 heavy (non-hydrogen) atoms. The number of amides is 2. The molecule has 4 bridgehead atoms. The van der Waals surface area contributed by atoms with Gasteiger partial charge in [0.15, 0.2) is 0 Å². The maximum absolute atomic E-state index is 13.6. The Morgan fingerprint density at radius 2 is 1.36 bits per heavy atom. The Morgan fingerprint density at radius 1 is 0.750 bits per heavy atom. The molecule has 4 aliphatic carbocycles. The molecule has 2 aromatic rings. The van der Waals surface area contributed by atoms with Crippen molar-refractivity contribution < 1.29 is 9.90 Å². The predicted octanol–water partition coefficient (Wildman–Crippen LogP) is 5.14. The van der Waals surface area contributed by atoms with Crippen molar-refractivity contribution in [3.8, 4) is 0 Å². The van der Waals surface area contributed by atoms with Gasteiger partial charge in [-0.25, -0.2) is 4.79 Å². The Labute approximate surface area is 214 Å². The van der Waals surface area contributed by atoms with Crippen molar-refractivity contribution in [2.75, 3.05) is 40.9 Å². The predicted molar refractivity (Wildman–Crippen MR) is 144 cm³/mol. The first kappa shape index (κ1) is 22.5. The number of piperidine rings is 1. The molecule has 6 heteroatoms. The van der Waals surface area contributed by atoms with E-state index >= 15 is 0 Å². The summed E-state index contributed by atoms with van der Waals surface area (Å²) in [5.41, 5.74) is 4.47. The molecule has 5 fully saturated rings. The SMILES string of the molecule is O=C(NC1C2CC3CC(C2)CC1C3)N1CCN(c2ccc(N3CCC(O)CC3)cc2)c2ccccc21. The van der Waals surface area contributed by atoms with Gasteiger partial charge in [0.2, 0.25) is 0 Å². The Balaban J connectivity index is 1.08. The highest BCUT2D eigenvalue weighted by Gasteiger charge is 2.49. The van der Waals surface area contributed by atoms with Crippen LogP contribution in [-0.2, 0) is 0 Å². The van der Waals surface area contributed by atoms with Gasteiger partial charge >= 0.3 is 6.03 Å². The first-order valence-electron chi connectivity index (χ1n) is 14.1. The van der Waals surface area contributed by atoms with E-state index < -0.39 is 0 Å². The number of hydrogen-bond acceptors (Lipinski definition) is 4. The standard InChI is InChI=1S/C30H38N4O2/c35-26-9-11-32(12-10-26)24-5-7-25(8-6-24)33-13-14-34(28-4-2-1-3-27(28)33)30(36)31-29-22-16-20-15-21(18-22)19-23(29)17-20/h1-8,20-23,26,29,35H,9-19H2,(H,31,36). The minimum atomic E-state index is -0.158. The van der Waals surface area contributed by atoms with Crippen LogP contribution in [0, 0.1) is 23.7 Å². The minimum Gasteiger partial charge on any atom is -0.393 e. The highest BCUT2D eigenvalue weighted by Crippen LogP contribution is 2.53. The van der Waals surface area contributed by atoms with Gasteiger partial charge in [-0.05, 0) is 105 Å². The molecular formula is C30H38N4O2. The van der Waals surface area contributed by atoms with Gasteiger partial charge in [-0.15, -0.1) is 0 Å². The summed E-state index contributed by atoms with van der Waals surface area (Å²) < 4.78 is 0. The lowest BCUT2D eigenvalue weighted by Gasteiger charge is -2.54. The molecule has 0 atom stereocenters. The van der Waals surface area contributed by atoms with Gasteiger partial charge in [0, 0.05) is 43.6 Å². The van der Waals surface area contributed by atoms with Gasteiger partial charge in [0.05, 0.1) is 17.5 Å². The Morgan fingerprint density at radius 3 is 2.03 bits per heavy atom. The maximum atomic E-state index is 13.6. The minimum absolute atomic E-state index is 0.0854. The lowest BCUT2D eigenvalue weighted by atomic mass is 9.54. The number of aliphatic hydroxyl groups is 1. The smallest absolute Gasteiger partial charge is 0.322 e. The number of urea groups is 1. The summed E-state index contributed by atoms with van der Waals surface area (Å²) in [4.78, 5) is 20.3. The van der Waals surface area contributed by atoms with Crippen LogP contribution in [0.15, 0.2) is 48.5 Å². The monoisotopic (exact) mass is 486 g/mol. The van der Waals surface area contributed by atoms with Crippen molar-refractivity contribution >= 4 is 28.8 Å². The number of nitrogens with one attached hydrogen (secondary N) is 1. The number of hydrogen-bond donors (Lipinski definition) is 2. The average Bonchev–Trinajstić information content (AvgIpc) is 2.90. The summed E-state index contributed by atoms with van der Waals surface area (Å²) >= 11 is 0. The fourth-order valence-electron chi connectivity index (χ4n) is 8.19. The van der Waals surface area contributed by atoms with Gasteiger partial charge in [0.25, 0.3) is 0 Å². The van der Waals surface area contributed by atoms with Gasteiger partial charge in [0.1, 0.15) is 0 Å². The van der Waals surface area contributed by atoms with Crippen molar-refractivity contribution in [3.63, 3.8) is 0 Å². The van der Waals surface area contributed by atoms with E-state index in [1.807, 2.05) is 11.0 Å². The number of nitrogens with zero attached hydrogens (tertiary/aromatic N) is 3. The molecule has 2 heterocycles. The van der Waals surface area contributed by atoms with E-state index in [0.717, 1.165) is 61.4 Å². The number of fused-ring (bicyclic) bond motifs is 1. The van der Waals surface area contributed by atoms with E-state index in [-0.39, 0.29) is 12.1 Å². The second kappa shape index (κ2) is 8.98. The normalized spacial score (nSPS) is 31.5. The zero-order valence-corrected chi connectivity index (χ0v) is 21.1. The molecule has 2 amide bonds. The molecule has 8 rings (SSSR count). The largest absolute Gasteiger partial charge is 0.393 e. The average molecular weight is 487 g/mol. The summed E-state index contributed by atoms with van der Waals surface area (Å²) in [5, 5.41) is 13.3. The third kappa shape index (κ3) is 3.94. The van der Waals surface area contributed by atoms with Crippen molar-refractivity contribution in [2.24, 2.45) is 23.7 Å². The van der Waals surface area contributed by atoms with Gasteiger partial charge in [-0.1, -0.05) is 12.1 Å². The van der Waals surface area contributed by atoms with E-state index in [0.29, 0.717) is 24.4 Å². The summed E-state index contributed by atoms with van der Waals surface area (Å²) in [6.07, 6.45) is 8.21. The zero-order chi connectivity index (χ0) is 24.2. The van der Waals surface area contributed by atoms with Gasteiger partial charge < -0.3 is 20.2 Å². The summed E-state index contributed by atoms with van der Waals surface area (Å²) in [5.74, 6) is 3.20. The second-order valence-electron chi connectivity index (χ2n) is 11.9. The first-order chi connectivity index (χ1) is 17.6. The summed E-state index contributed by atoms with van der Waals surface area (Å²) in [6, 6.07) is 17.6.